The number of allylic oxidation sites excluding steroid dienone is 1. The molecule has 33 heavy (non-hydrogen) atoms. The first-order valence-electron chi connectivity index (χ1n) is 11.4. The Morgan fingerprint density at radius 1 is 1.18 bits per heavy atom. The van der Waals surface area contributed by atoms with Crippen LogP contribution in [-0.2, 0) is 17.8 Å². The molecule has 0 radical (unpaired) electrons. The van der Waals surface area contributed by atoms with E-state index in [1.54, 1.807) is 11.3 Å². The topological polar surface area (TPSA) is 41.6 Å². The molecule has 0 unspecified atom stereocenters. The molecule has 1 aromatic carbocycles. The lowest BCUT2D eigenvalue weighted by Gasteiger charge is -2.19. The van der Waals surface area contributed by atoms with Crippen LogP contribution in [0.15, 0.2) is 53.2 Å². The molecule has 1 amide bonds. The van der Waals surface area contributed by atoms with Crippen LogP contribution >= 0.6 is 11.3 Å². The lowest BCUT2D eigenvalue weighted by Crippen LogP contribution is -2.29. The van der Waals surface area contributed by atoms with Crippen molar-refractivity contribution in [1.29, 1.82) is 0 Å². The highest BCUT2D eigenvalue weighted by molar-refractivity contribution is 7.08. The van der Waals surface area contributed by atoms with E-state index >= 15 is 0 Å². The van der Waals surface area contributed by atoms with Crippen molar-refractivity contribution in [3.63, 3.8) is 0 Å². The highest BCUT2D eigenvalue weighted by Crippen LogP contribution is 2.15. The fraction of sp³-hybridized carbons (Fsp3) is 0.464. The Morgan fingerprint density at radius 2 is 1.88 bits per heavy atom. The number of nitrogens with zero attached hydrogens (tertiary/aromatic N) is 1. The Labute approximate surface area is 206 Å². The van der Waals surface area contributed by atoms with Gasteiger partial charge in [0.1, 0.15) is 12.4 Å². The molecule has 0 saturated heterocycles. The molecule has 0 saturated carbocycles. The van der Waals surface area contributed by atoms with Crippen molar-refractivity contribution < 1.29 is 9.53 Å². The highest BCUT2D eigenvalue weighted by atomic mass is 32.1. The molecule has 0 atom stereocenters. The Morgan fingerprint density at radius 3 is 2.45 bits per heavy atom. The molecule has 5 heteroatoms. The number of thiophene rings is 1. The molecule has 1 aromatic heterocycles. The van der Waals surface area contributed by atoms with Crippen LogP contribution in [0.4, 0.5) is 0 Å². The van der Waals surface area contributed by atoms with Gasteiger partial charge in [0.05, 0.1) is 13.0 Å². The van der Waals surface area contributed by atoms with Crippen molar-refractivity contribution in [3.05, 3.63) is 64.4 Å². The van der Waals surface area contributed by atoms with E-state index in [2.05, 4.69) is 82.0 Å². The van der Waals surface area contributed by atoms with Gasteiger partial charge in [-0.2, -0.15) is 11.3 Å². The fourth-order valence-corrected chi connectivity index (χ4v) is 3.22. The van der Waals surface area contributed by atoms with E-state index in [9.17, 15) is 4.79 Å². The van der Waals surface area contributed by atoms with E-state index < -0.39 is 0 Å². The van der Waals surface area contributed by atoms with Crippen LogP contribution in [0.5, 0.6) is 5.75 Å². The lowest BCUT2D eigenvalue weighted by atomic mass is 10.0. The standard InChI is InChI=1S/C21H28N2O2S.C5H12.C2H2/c1-3-5-11-23(4-2)16-18-7-6-8-20(14-18)25-12-10-22-21(24)15-19-9-13-26-17-19;1-5(2,3)4;1-2/h3,5-9,13-14,17H,4,10-12,15-16H2,1-2H3,(H,22,24);1-4H3;1-2H/b5-3+;;. The molecule has 0 aliphatic rings. The van der Waals surface area contributed by atoms with Crippen LogP contribution in [0.3, 0.4) is 0 Å². The van der Waals surface area contributed by atoms with Gasteiger partial charge in [-0.25, -0.2) is 0 Å². The zero-order valence-electron chi connectivity index (χ0n) is 21.3. The van der Waals surface area contributed by atoms with Gasteiger partial charge in [-0.1, -0.05) is 58.9 Å². The molecular formula is C28H42N2O2S. The number of nitrogens with one attached hydrogen (secondary N) is 1. The number of likely N-dealkylation sites (N-methyl/N-ethyl adjacent to an activating group) is 1. The number of ether oxygens (including phenoxy) is 1. The maximum Gasteiger partial charge on any atom is 0.224 e. The summed E-state index contributed by atoms with van der Waals surface area (Å²) in [5.74, 6) is 0.875. The second kappa shape index (κ2) is 17.9. The van der Waals surface area contributed by atoms with Crippen molar-refractivity contribution in [2.45, 2.75) is 54.5 Å². The summed E-state index contributed by atoms with van der Waals surface area (Å²) in [4.78, 5) is 14.2. The van der Waals surface area contributed by atoms with Crippen molar-refractivity contribution in [2.75, 3.05) is 26.2 Å². The third-order valence-electron chi connectivity index (χ3n) is 3.99. The molecule has 2 rings (SSSR count). The van der Waals surface area contributed by atoms with Crippen molar-refractivity contribution in [2.24, 2.45) is 5.41 Å². The van der Waals surface area contributed by atoms with Gasteiger partial charge in [0.2, 0.25) is 5.91 Å². The Kier molecular flexibility index (Phi) is 16.6. The minimum absolute atomic E-state index is 0.0308. The average Bonchev–Trinajstić information content (AvgIpc) is 3.28. The molecule has 4 nitrogen and oxygen atoms in total. The summed E-state index contributed by atoms with van der Waals surface area (Å²) in [7, 11) is 0. The van der Waals surface area contributed by atoms with E-state index in [1.165, 1.54) is 5.56 Å². The normalized spacial score (nSPS) is 10.7. The lowest BCUT2D eigenvalue weighted by molar-refractivity contribution is -0.120. The summed E-state index contributed by atoms with van der Waals surface area (Å²) in [6.45, 7) is 16.8. The molecule has 1 heterocycles. The average molecular weight is 471 g/mol. The van der Waals surface area contributed by atoms with E-state index in [1.807, 2.05) is 35.9 Å². The third-order valence-corrected chi connectivity index (χ3v) is 4.72. The molecule has 2 aromatic rings. The largest absolute Gasteiger partial charge is 0.492 e. The summed E-state index contributed by atoms with van der Waals surface area (Å²) in [5.41, 5.74) is 2.79. The Hall–Kier alpha value is -2.55. The highest BCUT2D eigenvalue weighted by Gasteiger charge is 2.05. The van der Waals surface area contributed by atoms with Crippen molar-refractivity contribution in [1.82, 2.24) is 10.2 Å². The van der Waals surface area contributed by atoms with Crippen molar-refractivity contribution in [3.8, 4) is 18.6 Å². The van der Waals surface area contributed by atoms with Crippen LogP contribution in [0, 0.1) is 18.3 Å². The molecule has 0 bridgehead atoms. The van der Waals surface area contributed by atoms with Gasteiger partial charge in [0.25, 0.3) is 0 Å². The summed E-state index contributed by atoms with van der Waals surface area (Å²) in [6, 6.07) is 10.1. The smallest absolute Gasteiger partial charge is 0.224 e. The number of benzene rings is 1. The van der Waals surface area contributed by atoms with Crippen LogP contribution in [0.1, 0.15) is 52.7 Å². The van der Waals surface area contributed by atoms with Crippen molar-refractivity contribution >= 4 is 17.2 Å². The van der Waals surface area contributed by atoms with Gasteiger partial charge in [-0.15, -0.1) is 12.8 Å². The van der Waals surface area contributed by atoms with E-state index in [-0.39, 0.29) is 5.91 Å². The maximum absolute atomic E-state index is 11.8. The zero-order chi connectivity index (χ0) is 25.1. The van der Waals surface area contributed by atoms with E-state index in [0.29, 0.717) is 25.0 Å². The van der Waals surface area contributed by atoms with Gasteiger partial charge < -0.3 is 10.1 Å². The van der Waals surface area contributed by atoms with Crippen LogP contribution in [-0.4, -0.2) is 37.0 Å². The summed E-state index contributed by atoms with van der Waals surface area (Å²) in [5, 5.41) is 6.88. The summed E-state index contributed by atoms with van der Waals surface area (Å²) in [6.07, 6.45) is 12.7. The van der Waals surface area contributed by atoms with Gasteiger partial charge in [0, 0.05) is 13.1 Å². The van der Waals surface area contributed by atoms with Crippen LogP contribution < -0.4 is 10.1 Å². The third kappa shape index (κ3) is 17.7. The SMILES string of the molecule is C#C.C/C=C/CN(CC)Cc1cccc(OCCNC(=O)Cc2ccsc2)c1.CC(C)(C)C. The second-order valence-corrected chi connectivity index (χ2v) is 9.83. The van der Waals surface area contributed by atoms with Gasteiger partial charge in [-0.3, -0.25) is 9.69 Å². The number of terminal acetylenes is 1. The number of rotatable bonds is 11. The van der Waals surface area contributed by atoms with Gasteiger partial charge in [0.15, 0.2) is 0 Å². The Balaban J connectivity index is 0.00000129. The Bertz CT molecular complexity index is 799. The number of hydrogen-bond donors (Lipinski definition) is 1. The molecule has 1 N–H and O–H groups in total. The molecular weight excluding hydrogens is 428 g/mol. The van der Waals surface area contributed by atoms with Gasteiger partial charge >= 0.3 is 0 Å². The quantitative estimate of drug-likeness (QED) is 0.242. The first kappa shape index (κ1) is 30.5. The number of hydrogen-bond acceptors (Lipinski definition) is 4. The van der Waals surface area contributed by atoms with Crippen LogP contribution in [0.25, 0.3) is 0 Å². The molecule has 0 aliphatic heterocycles. The zero-order valence-corrected chi connectivity index (χ0v) is 22.1. The summed E-state index contributed by atoms with van der Waals surface area (Å²) < 4.78 is 5.78. The molecule has 0 fully saturated rings. The van der Waals surface area contributed by atoms with E-state index in [0.717, 1.165) is 30.9 Å². The first-order chi connectivity index (χ1) is 15.7. The molecule has 182 valence electrons. The number of carbonyl (C=O) groups excluding carboxylic acids is 1. The first-order valence-corrected chi connectivity index (χ1v) is 12.3. The minimum Gasteiger partial charge on any atom is -0.492 e. The predicted molar refractivity (Wildman–Crippen MR) is 144 cm³/mol. The van der Waals surface area contributed by atoms with Crippen LogP contribution in [0.2, 0.25) is 0 Å². The molecule has 0 aliphatic carbocycles. The predicted octanol–water partition coefficient (Wildman–Crippen LogP) is 6.19. The number of amides is 1. The minimum atomic E-state index is 0.0308. The van der Waals surface area contributed by atoms with E-state index in [4.69, 9.17) is 4.74 Å². The van der Waals surface area contributed by atoms with Gasteiger partial charge in [-0.05, 0) is 59.0 Å². The maximum atomic E-state index is 11.8. The molecule has 0 spiro atoms. The monoisotopic (exact) mass is 470 g/mol. The fourth-order valence-electron chi connectivity index (χ4n) is 2.55. The number of carbonyl (C=O) groups is 1. The second-order valence-electron chi connectivity index (χ2n) is 9.05. The summed E-state index contributed by atoms with van der Waals surface area (Å²) >= 11 is 1.61.